The van der Waals surface area contributed by atoms with Gasteiger partial charge in [0.25, 0.3) is 0 Å². The van der Waals surface area contributed by atoms with Gasteiger partial charge in [-0.25, -0.2) is 0 Å². The van der Waals surface area contributed by atoms with E-state index < -0.39 is 0 Å². The van der Waals surface area contributed by atoms with Crippen LogP contribution in [0, 0.1) is 20.8 Å². The molecular weight excluding hydrogens is 520 g/mol. The quantitative estimate of drug-likeness (QED) is 0.172. The summed E-state index contributed by atoms with van der Waals surface area (Å²) < 4.78 is 0. The largest absolute Gasteiger partial charge is 0.311 e. The third-order valence-corrected chi connectivity index (χ3v) is 7.62. The van der Waals surface area contributed by atoms with E-state index in [2.05, 4.69) is 194 Å². The molecule has 6 aromatic carbocycles. The van der Waals surface area contributed by atoms with E-state index in [1.807, 2.05) is 0 Å². The summed E-state index contributed by atoms with van der Waals surface area (Å²) in [5.74, 6) is 0. The molecule has 2 nitrogen and oxygen atoms in total. The zero-order chi connectivity index (χ0) is 29.6. The van der Waals surface area contributed by atoms with E-state index in [4.69, 9.17) is 0 Å². The van der Waals surface area contributed by atoms with Crippen LogP contribution in [0.15, 0.2) is 152 Å². The lowest BCUT2D eigenvalue weighted by atomic mass is 10.1. The highest BCUT2D eigenvalue weighted by Crippen LogP contribution is 2.38. The molecule has 0 aromatic heterocycles. The Labute approximate surface area is 255 Å². The lowest BCUT2D eigenvalue weighted by Crippen LogP contribution is -2.11. The Hall–Kier alpha value is -5.34. The van der Waals surface area contributed by atoms with Crippen molar-refractivity contribution in [3.63, 3.8) is 0 Å². The van der Waals surface area contributed by atoms with Crippen LogP contribution in [0.25, 0.3) is 12.2 Å². The average Bonchev–Trinajstić information content (AvgIpc) is 3.03. The highest BCUT2D eigenvalue weighted by atomic mass is 15.1. The maximum atomic E-state index is 2.35. The molecule has 0 N–H and O–H groups in total. The van der Waals surface area contributed by atoms with Gasteiger partial charge in [0.15, 0.2) is 0 Å². The SMILES string of the molecule is Cc1cc(C)cc(N(c2ccc(/C=C/c3ccc(N(c4ccccc4)c4ccccc4)cc3)cc2)c2ccccc2C)c1. The first-order chi connectivity index (χ1) is 21.0. The first-order valence-corrected chi connectivity index (χ1v) is 14.8. The molecule has 43 heavy (non-hydrogen) atoms. The van der Waals surface area contributed by atoms with Gasteiger partial charge in [0.1, 0.15) is 0 Å². The number of para-hydroxylation sites is 3. The lowest BCUT2D eigenvalue weighted by Gasteiger charge is -2.27. The van der Waals surface area contributed by atoms with Gasteiger partial charge in [-0.15, -0.1) is 0 Å². The van der Waals surface area contributed by atoms with Crippen molar-refractivity contribution in [3.8, 4) is 0 Å². The Morgan fingerprint density at radius 3 is 1.28 bits per heavy atom. The van der Waals surface area contributed by atoms with Crippen molar-refractivity contribution in [2.24, 2.45) is 0 Å². The minimum absolute atomic E-state index is 1.13. The van der Waals surface area contributed by atoms with Crippen LogP contribution in [-0.4, -0.2) is 0 Å². The monoisotopic (exact) mass is 556 g/mol. The van der Waals surface area contributed by atoms with Crippen molar-refractivity contribution >= 4 is 46.3 Å². The Bertz CT molecular complexity index is 1760. The second-order valence-electron chi connectivity index (χ2n) is 11.0. The molecule has 0 aliphatic carbocycles. The zero-order valence-electron chi connectivity index (χ0n) is 25.0. The van der Waals surface area contributed by atoms with Gasteiger partial charge in [-0.2, -0.15) is 0 Å². The Morgan fingerprint density at radius 2 is 0.791 bits per heavy atom. The molecule has 0 unspecified atom stereocenters. The summed E-state index contributed by atoms with van der Waals surface area (Å²) in [6, 6.07) is 53.9. The number of hydrogen-bond donors (Lipinski definition) is 0. The molecule has 0 spiro atoms. The van der Waals surface area contributed by atoms with E-state index in [1.54, 1.807) is 0 Å². The number of anilines is 6. The summed E-state index contributed by atoms with van der Waals surface area (Å²) in [5.41, 5.74) is 13.0. The van der Waals surface area contributed by atoms with Crippen LogP contribution in [0.4, 0.5) is 34.1 Å². The third-order valence-electron chi connectivity index (χ3n) is 7.62. The fraction of sp³-hybridized carbons (Fsp3) is 0.0732. The first-order valence-electron chi connectivity index (χ1n) is 14.8. The normalized spacial score (nSPS) is 11.0. The van der Waals surface area contributed by atoms with Gasteiger partial charge in [-0.1, -0.05) is 97.1 Å². The predicted molar refractivity (Wildman–Crippen MR) is 185 cm³/mol. The Kier molecular flexibility index (Phi) is 8.19. The molecule has 0 atom stereocenters. The topological polar surface area (TPSA) is 6.48 Å². The average molecular weight is 557 g/mol. The Morgan fingerprint density at radius 1 is 0.372 bits per heavy atom. The molecule has 0 heterocycles. The van der Waals surface area contributed by atoms with E-state index in [-0.39, 0.29) is 0 Å². The highest BCUT2D eigenvalue weighted by Gasteiger charge is 2.15. The molecule has 6 rings (SSSR count). The summed E-state index contributed by atoms with van der Waals surface area (Å²) in [6.07, 6.45) is 4.36. The fourth-order valence-corrected chi connectivity index (χ4v) is 5.58. The van der Waals surface area contributed by atoms with Gasteiger partial charge >= 0.3 is 0 Å². The molecule has 2 heteroatoms. The fourth-order valence-electron chi connectivity index (χ4n) is 5.58. The molecule has 0 fully saturated rings. The predicted octanol–water partition coefficient (Wildman–Crippen LogP) is 11.7. The Balaban J connectivity index is 1.25. The van der Waals surface area contributed by atoms with Crippen molar-refractivity contribution < 1.29 is 0 Å². The second-order valence-corrected chi connectivity index (χ2v) is 11.0. The molecule has 210 valence electrons. The molecule has 0 aliphatic rings. The number of nitrogens with zero attached hydrogens (tertiary/aromatic N) is 2. The summed E-state index contributed by atoms with van der Waals surface area (Å²) in [7, 11) is 0. The van der Waals surface area contributed by atoms with Gasteiger partial charge in [-0.3, -0.25) is 0 Å². The van der Waals surface area contributed by atoms with Gasteiger partial charge in [0.2, 0.25) is 0 Å². The molecule has 0 aliphatic heterocycles. The van der Waals surface area contributed by atoms with Gasteiger partial charge in [0, 0.05) is 34.1 Å². The van der Waals surface area contributed by atoms with Crippen molar-refractivity contribution in [3.05, 3.63) is 179 Å². The van der Waals surface area contributed by atoms with Crippen LogP contribution in [0.3, 0.4) is 0 Å². The van der Waals surface area contributed by atoms with Gasteiger partial charge < -0.3 is 9.80 Å². The van der Waals surface area contributed by atoms with Gasteiger partial charge in [-0.05, 0) is 115 Å². The standard InChI is InChI=1S/C41H36N2/c1-31-28-32(2)30-40(29-31)43(41-17-11-10-12-33(41)3)39-26-22-35(23-27-39)19-18-34-20-24-38(25-21-34)42(36-13-6-4-7-14-36)37-15-8-5-9-16-37/h4-30H,1-3H3/b19-18+. The van der Waals surface area contributed by atoms with Crippen LogP contribution >= 0.6 is 0 Å². The van der Waals surface area contributed by atoms with Crippen LogP contribution in [0.5, 0.6) is 0 Å². The van der Waals surface area contributed by atoms with Gasteiger partial charge in [0.05, 0.1) is 0 Å². The molecule has 0 saturated carbocycles. The molecule has 0 saturated heterocycles. The van der Waals surface area contributed by atoms with E-state index in [1.165, 1.54) is 28.1 Å². The number of rotatable bonds is 8. The molecule has 0 amide bonds. The van der Waals surface area contributed by atoms with Crippen LogP contribution < -0.4 is 9.80 Å². The molecule has 0 radical (unpaired) electrons. The van der Waals surface area contributed by atoms with E-state index in [0.29, 0.717) is 0 Å². The van der Waals surface area contributed by atoms with E-state index in [9.17, 15) is 0 Å². The minimum Gasteiger partial charge on any atom is -0.311 e. The van der Waals surface area contributed by atoms with Crippen molar-refractivity contribution in [1.29, 1.82) is 0 Å². The number of aryl methyl sites for hydroxylation is 3. The summed E-state index contributed by atoms with van der Waals surface area (Å²) in [4.78, 5) is 4.63. The van der Waals surface area contributed by atoms with E-state index >= 15 is 0 Å². The van der Waals surface area contributed by atoms with Crippen LogP contribution in [0.1, 0.15) is 27.8 Å². The summed E-state index contributed by atoms with van der Waals surface area (Å²) in [6.45, 7) is 6.49. The molecule has 0 bridgehead atoms. The smallest absolute Gasteiger partial charge is 0.0490 e. The highest BCUT2D eigenvalue weighted by molar-refractivity contribution is 5.81. The van der Waals surface area contributed by atoms with Crippen LogP contribution in [0.2, 0.25) is 0 Å². The third kappa shape index (κ3) is 6.45. The maximum absolute atomic E-state index is 2.35. The van der Waals surface area contributed by atoms with Crippen molar-refractivity contribution in [2.45, 2.75) is 20.8 Å². The van der Waals surface area contributed by atoms with Crippen molar-refractivity contribution in [1.82, 2.24) is 0 Å². The lowest BCUT2D eigenvalue weighted by molar-refractivity contribution is 1.23. The molecule has 6 aromatic rings. The summed E-state index contributed by atoms with van der Waals surface area (Å²) in [5, 5.41) is 0. The number of benzene rings is 6. The zero-order valence-corrected chi connectivity index (χ0v) is 25.0. The number of hydrogen-bond acceptors (Lipinski definition) is 2. The minimum atomic E-state index is 1.13. The maximum Gasteiger partial charge on any atom is 0.0490 e. The summed E-state index contributed by atoms with van der Waals surface area (Å²) >= 11 is 0. The van der Waals surface area contributed by atoms with Crippen LogP contribution in [-0.2, 0) is 0 Å². The van der Waals surface area contributed by atoms with Crippen molar-refractivity contribution in [2.75, 3.05) is 9.80 Å². The second kappa shape index (κ2) is 12.7. The molecular formula is C41H36N2. The van der Waals surface area contributed by atoms with E-state index in [0.717, 1.165) is 33.9 Å². The first kappa shape index (κ1) is 27.8.